The number of carbonyl (C=O) groups excluding carboxylic acids is 1. The van der Waals surface area contributed by atoms with Crippen LogP contribution in [0.5, 0.6) is 5.75 Å². The van der Waals surface area contributed by atoms with E-state index < -0.39 is 24.2 Å². The molecule has 0 aromatic heterocycles. The van der Waals surface area contributed by atoms with Crippen LogP contribution in [-0.2, 0) is 10.2 Å². The van der Waals surface area contributed by atoms with Gasteiger partial charge in [0.05, 0.1) is 30.9 Å². The largest absolute Gasteiger partial charge is 0.497 e. The van der Waals surface area contributed by atoms with Crippen molar-refractivity contribution in [1.82, 2.24) is 0 Å². The lowest BCUT2D eigenvalue weighted by Gasteiger charge is -2.36. The number of fused-ring (bicyclic) bond motifs is 2. The summed E-state index contributed by atoms with van der Waals surface area (Å²) in [6.45, 7) is -0.421. The number of rotatable bonds is 5. The van der Waals surface area contributed by atoms with Gasteiger partial charge in [0, 0.05) is 6.07 Å². The average molecular weight is 381 g/mol. The van der Waals surface area contributed by atoms with Gasteiger partial charge >= 0.3 is 0 Å². The van der Waals surface area contributed by atoms with Crippen LogP contribution in [0, 0.1) is 0 Å². The quantitative estimate of drug-likeness (QED) is 0.833. The molecule has 2 aromatic rings. The zero-order valence-corrected chi connectivity index (χ0v) is 16.2. The molecular weight excluding hydrogens is 354 g/mol. The molecule has 1 aliphatic heterocycles. The van der Waals surface area contributed by atoms with Crippen molar-refractivity contribution in [2.24, 2.45) is 0 Å². The second kappa shape index (κ2) is 7.57. The van der Waals surface area contributed by atoms with E-state index in [1.165, 1.54) is 0 Å². The second-order valence-electron chi connectivity index (χ2n) is 7.81. The van der Waals surface area contributed by atoms with Gasteiger partial charge in [0.15, 0.2) is 0 Å². The maximum absolute atomic E-state index is 13.9. The summed E-state index contributed by atoms with van der Waals surface area (Å²) in [6.07, 6.45) is 3.73. The summed E-state index contributed by atoms with van der Waals surface area (Å²) >= 11 is 0. The minimum atomic E-state index is -1.08. The number of carbonyl (C=O) groups is 1. The van der Waals surface area contributed by atoms with E-state index >= 15 is 0 Å². The molecule has 2 aromatic carbocycles. The van der Waals surface area contributed by atoms with E-state index in [0.29, 0.717) is 5.75 Å². The maximum Gasteiger partial charge on any atom is 0.238 e. The van der Waals surface area contributed by atoms with Gasteiger partial charge in [-0.3, -0.25) is 4.79 Å². The third-order valence-corrected chi connectivity index (χ3v) is 6.29. The number of benzene rings is 2. The van der Waals surface area contributed by atoms with Gasteiger partial charge in [-0.15, -0.1) is 0 Å². The second-order valence-corrected chi connectivity index (χ2v) is 7.81. The third-order valence-electron chi connectivity index (χ3n) is 6.29. The zero-order chi connectivity index (χ0) is 19.7. The number of ether oxygens (including phenoxy) is 1. The lowest BCUT2D eigenvalue weighted by Crippen LogP contribution is -2.46. The van der Waals surface area contributed by atoms with Crippen LogP contribution in [0.1, 0.15) is 49.3 Å². The van der Waals surface area contributed by atoms with Crippen LogP contribution in [0.15, 0.2) is 48.5 Å². The zero-order valence-electron chi connectivity index (χ0n) is 16.2. The average Bonchev–Trinajstić information content (AvgIpc) is 2.97. The van der Waals surface area contributed by atoms with Gasteiger partial charge in [0.25, 0.3) is 0 Å². The number of methoxy groups -OCH3 is 1. The molecular formula is C23H27NO4. The molecule has 0 bridgehead atoms. The molecule has 1 saturated carbocycles. The van der Waals surface area contributed by atoms with E-state index in [1.54, 1.807) is 12.0 Å². The predicted molar refractivity (Wildman–Crippen MR) is 108 cm³/mol. The lowest BCUT2D eigenvalue weighted by atomic mass is 9.70. The molecule has 2 aliphatic rings. The number of amides is 1. The molecule has 1 spiro atoms. The Kier molecular flexibility index (Phi) is 5.13. The van der Waals surface area contributed by atoms with Crippen molar-refractivity contribution in [1.29, 1.82) is 0 Å². The van der Waals surface area contributed by atoms with Crippen molar-refractivity contribution in [2.75, 3.05) is 18.6 Å². The first-order valence-corrected chi connectivity index (χ1v) is 9.98. The fourth-order valence-electron chi connectivity index (χ4n) is 4.91. The van der Waals surface area contributed by atoms with Crippen molar-refractivity contribution < 1.29 is 19.7 Å². The van der Waals surface area contributed by atoms with Crippen molar-refractivity contribution in [3.8, 4) is 5.75 Å². The summed E-state index contributed by atoms with van der Waals surface area (Å²) in [7, 11) is 1.61. The number of hydrogen-bond acceptors (Lipinski definition) is 4. The molecule has 2 atom stereocenters. The molecule has 2 N–H and O–H groups in total. The number of hydrogen-bond donors (Lipinski definition) is 2. The smallest absolute Gasteiger partial charge is 0.238 e. The molecule has 1 fully saturated rings. The summed E-state index contributed by atoms with van der Waals surface area (Å²) in [6, 6.07) is 14.6. The van der Waals surface area contributed by atoms with Gasteiger partial charge in [-0.1, -0.05) is 55.7 Å². The highest BCUT2D eigenvalue weighted by atomic mass is 16.5. The molecule has 148 valence electrons. The number of anilines is 1. The summed E-state index contributed by atoms with van der Waals surface area (Å²) in [5.74, 6) is 0.700. The Labute approximate surface area is 165 Å². The van der Waals surface area contributed by atoms with Crippen LogP contribution in [0.4, 0.5) is 5.69 Å². The van der Waals surface area contributed by atoms with Gasteiger partial charge < -0.3 is 19.8 Å². The molecule has 1 aliphatic carbocycles. The fraction of sp³-hybridized carbons (Fsp3) is 0.435. The molecule has 0 unspecified atom stereocenters. The van der Waals surface area contributed by atoms with Crippen LogP contribution in [0.3, 0.4) is 0 Å². The van der Waals surface area contributed by atoms with E-state index in [1.807, 2.05) is 48.5 Å². The number of aliphatic hydroxyl groups excluding tert-OH is 2. The Morgan fingerprint density at radius 3 is 2.46 bits per heavy atom. The molecule has 28 heavy (non-hydrogen) atoms. The highest BCUT2D eigenvalue weighted by Crippen LogP contribution is 2.53. The summed E-state index contributed by atoms with van der Waals surface area (Å²) in [5, 5.41) is 20.5. The van der Waals surface area contributed by atoms with Gasteiger partial charge in [0.1, 0.15) is 11.9 Å². The van der Waals surface area contributed by atoms with E-state index in [0.717, 1.165) is 48.9 Å². The van der Waals surface area contributed by atoms with Crippen LogP contribution in [-0.4, -0.2) is 35.9 Å². The van der Waals surface area contributed by atoms with Crippen molar-refractivity contribution >= 4 is 11.6 Å². The van der Waals surface area contributed by atoms with Crippen molar-refractivity contribution in [3.63, 3.8) is 0 Å². The molecule has 0 saturated heterocycles. The number of aliphatic hydroxyl groups is 2. The Morgan fingerprint density at radius 2 is 1.82 bits per heavy atom. The van der Waals surface area contributed by atoms with E-state index in [2.05, 4.69) is 0 Å². The molecule has 1 amide bonds. The Balaban J connectivity index is 1.89. The SMILES string of the molecule is COc1ccc2c(c1)N([C@@H](c1ccccc1)[C@H](O)CO)C(=O)C21CCCCC1. The van der Waals surface area contributed by atoms with Gasteiger partial charge in [-0.2, -0.15) is 0 Å². The Morgan fingerprint density at radius 1 is 1.11 bits per heavy atom. The van der Waals surface area contributed by atoms with Crippen molar-refractivity contribution in [3.05, 3.63) is 59.7 Å². The minimum absolute atomic E-state index is 0.0248. The molecule has 1 heterocycles. The topological polar surface area (TPSA) is 70.0 Å². The molecule has 5 heteroatoms. The lowest BCUT2D eigenvalue weighted by molar-refractivity contribution is -0.125. The van der Waals surface area contributed by atoms with Crippen LogP contribution >= 0.6 is 0 Å². The van der Waals surface area contributed by atoms with Crippen LogP contribution in [0.25, 0.3) is 0 Å². The monoisotopic (exact) mass is 381 g/mol. The standard InChI is InChI=1S/C23H27NO4/c1-28-17-10-11-18-19(14-17)24(22(27)23(18)12-6-3-7-13-23)21(20(26)15-25)16-8-4-2-5-9-16/h2,4-5,8-11,14,20-21,25-26H,3,6-7,12-13,15H2,1H3/t20-,21+/m1/s1. The maximum atomic E-state index is 13.9. The fourth-order valence-corrected chi connectivity index (χ4v) is 4.91. The highest BCUT2D eigenvalue weighted by Gasteiger charge is 2.53. The van der Waals surface area contributed by atoms with Gasteiger partial charge in [-0.25, -0.2) is 0 Å². The summed E-state index contributed by atoms with van der Waals surface area (Å²) in [5.41, 5.74) is 2.07. The molecule has 0 radical (unpaired) electrons. The Bertz CT molecular complexity index is 845. The normalized spacial score (nSPS) is 20.1. The van der Waals surface area contributed by atoms with Gasteiger partial charge in [0.2, 0.25) is 5.91 Å². The first-order chi connectivity index (χ1) is 13.6. The van der Waals surface area contributed by atoms with Crippen molar-refractivity contribution in [2.45, 2.75) is 49.7 Å². The first kappa shape index (κ1) is 19.0. The van der Waals surface area contributed by atoms with E-state index in [9.17, 15) is 15.0 Å². The summed E-state index contributed by atoms with van der Waals surface area (Å²) in [4.78, 5) is 15.6. The van der Waals surface area contributed by atoms with E-state index in [-0.39, 0.29) is 5.91 Å². The minimum Gasteiger partial charge on any atom is -0.497 e. The van der Waals surface area contributed by atoms with Crippen LogP contribution < -0.4 is 9.64 Å². The van der Waals surface area contributed by atoms with Crippen LogP contribution in [0.2, 0.25) is 0 Å². The predicted octanol–water partition coefficient (Wildman–Crippen LogP) is 3.34. The highest BCUT2D eigenvalue weighted by molar-refractivity contribution is 6.09. The van der Waals surface area contributed by atoms with Gasteiger partial charge in [-0.05, 0) is 30.0 Å². The molecule has 5 nitrogen and oxygen atoms in total. The number of nitrogens with zero attached hydrogens (tertiary/aromatic N) is 1. The van der Waals surface area contributed by atoms with E-state index in [4.69, 9.17) is 4.74 Å². The first-order valence-electron chi connectivity index (χ1n) is 9.98. The molecule has 4 rings (SSSR count). The summed E-state index contributed by atoms with van der Waals surface area (Å²) < 4.78 is 5.42. The Hall–Kier alpha value is -2.37. The third kappa shape index (κ3) is 2.90.